The van der Waals surface area contributed by atoms with Crippen molar-refractivity contribution in [3.63, 3.8) is 0 Å². The maximum atomic E-state index is 8.91. The Labute approximate surface area is 114 Å². The number of aliphatic hydroxyl groups excluding tert-OH is 1. The zero-order chi connectivity index (χ0) is 13.4. The summed E-state index contributed by atoms with van der Waals surface area (Å²) in [5, 5.41) is 12.8. The third-order valence-electron chi connectivity index (χ3n) is 2.84. The van der Waals surface area contributed by atoms with Crippen LogP contribution >= 0.6 is 11.8 Å². The Hall–Kier alpha value is -0.710. The van der Waals surface area contributed by atoms with E-state index in [1.54, 1.807) is 18.9 Å². The Morgan fingerprint density at radius 2 is 2.00 bits per heavy atom. The SMILES string of the molecule is CCNC(c1ccc(OC)cc1)C(C)SCCO. The molecule has 0 saturated heterocycles. The highest BCUT2D eigenvalue weighted by Gasteiger charge is 2.18. The molecule has 0 aliphatic carbocycles. The fourth-order valence-corrected chi connectivity index (χ4v) is 2.84. The van der Waals surface area contributed by atoms with Crippen molar-refractivity contribution in [3.05, 3.63) is 29.8 Å². The van der Waals surface area contributed by atoms with Crippen molar-refractivity contribution in [3.8, 4) is 5.75 Å². The van der Waals surface area contributed by atoms with Gasteiger partial charge in [0.1, 0.15) is 5.75 Å². The first-order valence-corrected chi connectivity index (χ1v) is 7.37. The first-order valence-electron chi connectivity index (χ1n) is 6.32. The molecular formula is C14H23NO2S. The average Bonchev–Trinajstić information content (AvgIpc) is 2.42. The molecule has 0 aromatic heterocycles. The van der Waals surface area contributed by atoms with Gasteiger partial charge in [0, 0.05) is 17.0 Å². The fourth-order valence-electron chi connectivity index (χ4n) is 1.92. The van der Waals surface area contributed by atoms with Crippen LogP contribution in [0.1, 0.15) is 25.5 Å². The summed E-state index contributed by atoms with van der Waals surface area (Å²) in [6.45, 7) is 5.47. The van der Waals surface area contributed by atoms with Crippen LogP contribution in [0.15, 0.2) is 24.3 Å². The summed E-state index contributed by atoms with van der Waals surface area (Å²) in [4.78, 5) is 0. The lowest BCUT2D eigenvalue weighted by atomic mass is 10.0. The number of rotatable bonds is 8. The molecule has 102 valence electrons. The number of benzene rings is 1. The molecule has 0 amide bonds. The Morgan fingerprint density at radius 1 is 1.33 bits per heavy atom. The maximum absolute atomic E-state index is 8.91. The molecule has 4 heteroatoms. The minimum Gasteiger partial charge on any atom is -0.497 e. The van der Waals surface area contributed by atoms with E-state index in [0.717, 1.165) is 18.0 Å². The zero-order valence-corrected chi connectivity index (χ0v) is 12.2. The van der Waals surface area contributed by atoms with Crippen molar-refractivity contribution in [2.45, 2.75) is 25.1 Å². The molecule has 18 heavy (non-hydrogen) atoms. The molecule has 2 N–H and O–H groups in total. The van der Waals surface area contributed by atoms with E-state index in [1.807, 2.05) is 12.1 Å². The van der Waals surface area contributed by atoms with Crippen LogP contribution in [-0.4, -0.2) is 36.4 Å². The van der Waals surface area contributed by atoms with Crippen molar-refractivity contribution in [2.75, 3.05) is 26.0 Å². The maximum Gasteiger partial charge on any atom is 0.118 e. The van der Waals surface area contributed by atoms with E-state index in [1.165, 1.54) is 5.56 Å². The van der Waals surface area contributed by atoms with Crippen molar-refractivity contribution in [1.82, 2.24) is 5.32 Å². The molecule has 0 fully saturated rings. The molecule has 0 aliphatic rings. The lowest BCUT2D eigenvalue weighted by Gasteiger charge is -2.25. The molecule has 0 saturated carbocycles. The van der Waals surface area contributed by atoms with Crippen molar-refractivity contribution < 1.29 is 9.84 Å². The molecule has 1 rings (SSSR count). The van der Waals surface area contributed by atoms with E-state index in [0.29, 0.717) is 11.3 Å². The van der Waals surface area contributed by atoms with E-state index in [-0.39, 0.29) is 6.61 Å². The van der Waals surface area contributed by atoms with E-state index < -0.39 is 0 Å². The van der Waals surface area contributed by atoms with Gasteiger partial charge in [-0.25, -0.2) is 0 Å². The highest BCUT2D eigenvalue weighted by Crippen LogP contribution is 2.27. The molecule has 0 radical (unpaired) electrons. The van der Waals surface area contributed by atoms with Gasteiger partial charge in [-0.15, -0.1) is 0 Å². The van der Waals surface area contributed by atoms with Crippen LogP contribution in [0.2, 0.25) is 0 Å². The van der Waals surface area contributed by atoms with Gasteiger partial charge in [0.2, 0.25) is 0 Å². The quantitative estimate of drug-likeness (QED) is 0.761. The van der Waals surface area contributed by atoms with Gasteiger partial charge in [0.15, 0.2) is 0 Å². The minimum atomic E-state index is 0.233. The van der Waals surface area contributed by atoms with Gasteiger partial charge in [-0.3, -0.25) is 0 Å². The van der Waals surface area contributed by atoms with Gasteiger partial charge in [-0.05, 0) is 24.2 Å². The van der Waals surface area contributed by atoms with Crippen LogP contribution in [0.25, 0.3) is 0 Å². The lowest BCUT2D eigenvalue weighted by Crippen LogP contribution is -2.28. The summed E-state index contributed by atoms with van der Waals surface area (Å²) in [6, 6.07) is 8.48. The molecule has 0 heterocycles. The Kier molecular flexibility index (Phi) is 7.16. The summed E-state index contributed by atoms with van der Waals surface area (Å²) in [5.74, 6) is 1.66. The summed E-state index contributed by atoms with van der Waals surface area (Å²) in [7, 11) is 1.68. The number of aliphatic hydroxyl groups is 1. The number of thioether (sulfide) groups is 1. The highest BCUT2D eigenvalue weighted by atomic mass is 32.2. The van der Waals surface area contributed by atoms with Crippen molar-refractivity contribution in [2.24, 2.45) is 0 Å². The zero-order valence-electron chi connectivity index (χ0n) is 11.3. The number of hydrogen-bond donors (Lipinski definition) is 2. The van der Waals surface area contributed by atoms with Gasteiger partial charge in [0.05, 0.1) is 13.7 Å². The number of hydrogen-bond acceptors (Lipinski definition) is 4. The number of nitrogens with one attached hydrogen (secondary N) is 1. The Balaban J connectivity index is 2.75. The molecule has 2 unspecified atom stereocenters. The monoisotopic (exact) mass is 269 g/mol. The third kappa shape index (κ3) is 4.52. The van der Waals surface area contributed by atoms with Crippen molar-refractivity contribution >= 4 is 11.8 Å². The van der Waals surface area contributed by atoms with Crippen LogP contribution in [0, 0.1) is 0 Å². The summed E-state index contributed by atoms with van der Waals surface area (Å²) in [6.07, 6.45) is 0. The van der Waals surface area contributed by atoms with E-state index in [4.69, 9.17) is 9.84 Å². The van der Waals surface area contributed by atoms with E-state index >= 15 is 0 Å². The van der Waals surface area contributed by atoms with E-state index in [2.05, 4.69) is 31.3 Å². The van der Waals surface area contributed by atoms with Crippen LogP contribution in [-0.2, 0) is 0 Å². The summed E-state index contributed by atoms with van der Waals surface area (Å²) >= 11 is 1.79. The fraction of sp³-hybridized carbons (Fsp3) is 0.571. The molecule has 0 spiro atoms. The summed E-state index contributed by atoms with van der Waals surface area (Å²) < 4.78 is 5.18. The van der Waals surface area contributed by atoms with E-state index in [9.17, 15) is 0 Å². The average molecular weight is 269 g/mol. The second kappa shape index (κ2) is 8.40. The standard InChI is InChI=1S/C14H23NO2S/c1-4-15-14(11(2)18-10-9-16)12-5-7-13(17-3)8-6-12/h5-8,11,14-16H,4,9-10H2,1-3H3. The predicted octanol–water partition coefficient (Wildman–Crippen LogP) is 2.46. The van der Waals surface area contributed by atoms with Crippen molar-refractivity contribution in [1.29, 1.82) is 0 Å². The molecule has 0 aliphatic heterocycles. The van der Waals surface area contributed by atoms with Gasteiger partial charge in [-0.1, -0.05) is 26.0 Å². The second-order valence-corrected chi connectivity index (χ2v) is 5.59. The topological polar surface area (TPSA) is 41.5 Å². The van der Waals surface area contributed by atoms with Crippen LogP contribution in [0.3, 0.4) is 0 Å². The van der Waals surface area contributed by atoms with Crippen LogP contribution in [0.5, 0.6) is 5.75 Å². The molecule has 1 aromatic rings. The Morgan fingerprint density at radius 3 is 2.50 bits per heavy atom. The van der Waals surface area contributed by atoms with Gasteiger partial charge in [-0.2, -0.15) is 11.8 Å². The third-order valence-corrected chi connectivity index (χ3v) is 4.06. The Bertz CT molecular complexity index is 329. The predicted molar refractivity (Wildman–Crippen MR) is 78.4 cm³/mol. The van der Waals surface area contributed by atoms with Gasteiger partial charge in [0.25, 0.3) is 0 Å². The molecular weight excluding hydrogens is 246 g/mol. The molecule has 0 bridgehead atoms. The first-order chi connectivity index (χ1) is 8.72. The largest absolute Gasteiger partial charge is 0.497 e. The lowest BCUT2D eigenvalue weighted by molar-refractivity contribution is 0.322. The van der Waals surface area contributed by atoms with Gasteiger partial charge < -0.3 is 15.2 Å². The second-order valence-electron chi connectivity index (χ2n) is 4.11. The highest BCUT2D eigenvalue weighted by molar-refractivity contribution is 7.99. The normalized spacial score (nSPS) is 14.2. The smallest absolute Gasteiger partial charge is 0.118 e. The van der Waals surface area contributed by atoms with Crippen LogP contribution in [0.4, 0.5) is 0 Å². The van der Waals surface area contributed by atoms with Gasteiger partial charge >= 0.3 is 0 Å². The molecule has 1 aromatic carbocycles. The first kappa shape index (κ1) is 15.3. The molecule has 2 atom stereocenters. The number of methoxy groups -OCH3 is 1. The minimum absolute atomic E-state index is 0.233. The molecule has 3 nitrogen and oxygen atoms in total. The van der Waals surface area contributed by atoms with Crippen LogP contribution < -0.4 is 10.1 Å². The number of ether oxygens (including phenoxy) is 1. The summed E-state index contributed by atoms with van der Waals surface area (Å²) in [5.41, 5.74) is 1.26.